The van der Waals surface area contributed by atoms with Gasteiger partial charge in [0.15, 0.2) is 5.17 Å². The maximum absolute atomic E-state index is 12.1. The largest absolute Gasteiger partial charge is 0.507 e. The van der Waals surface area contributed by atoms with E-state index >= 15 is 0 Å². The molecule has 2 aliphatic heterocycles. The lowest BCUT2D eigenvalue weighted by Crippen LogP contribution is -3.14. The van der Waals surface area contributed by atoms with E-state index < -0.39 is 0 Å². The third-order valence-electron chi connectivity index (χ3n) is 4.07. The molecule has 1 amide bonds. The second kappa shape index (κ2) is 6.54. The Morgan fingerprint density at radius 1 is 1.36 bits per heavy atom. The van der Waals surface area contributed by atoms with Gasteiger partial charge in [0, 0.05) is 5.56 Å². The zero-order chi connectivity index (χ0) is 15.5. The third kappa shape index (κ3) is 3.18. The highest BCUT2D eigenvalue weighted by Gasteiger charge is 2.29. The van der Waals surface area contributed by atoms with Crippen LogP contribution < -0.4 is 4.90 Å². The van der Waals surface area contributed by atoms with Crippen LogP contribution in [0.25, 0.3) is 6.08 Å². The van der Waals surface area contributed by atoms with Crippen LogP contribution in [0.4, 0.5) is 0 Å². The fraction of sp³-hybridized carbons (Fsp3) is 0.375. The molecule has 3 rings (SSSR count). The topological polar surface area (TPSA) is 57.3 Å². The minimum atomic E-state index is -0.214. The molecule has 2 aliphatic rings. The number of amides is 1. The van der Waals surface area contributed by atoms with Gasteiger partial charge in [-0.05, 0) is 30.8 Å². The number of quaternary nitrogens is 1. The molecule has 2 N–H and O–H groups in total. The highest BCUT2D eigenvalue weighted by Crippen LogP contribution is 2.31. The van der Waals surface area contributed by atoms with Crippen molar-refractivity contribution in [2.75, 3.05) is 32.7 Å². The van der Waals surface area contributed by atoms with Crippen LogP contribution in [0, 0.1) is 0 Å². The minimum absolute atomic E-state index is 0.178. The van der Waals surface area contributed by atoms with Gasteiger partial charge in [0.05, 0.1) is 37.6 Å². The van der Waals surface area contributed by atoms with Gasteiger partial charge < -0.3 is 14.9 Å². The second-order valence-electron chi connectivity index (χ2n) is 5.46. The Morgan fingerprint density at radius 2 is 2.09 bits per heavy atom. The van der Waals surface area contributed by atoms with Gasteiger partial charge in [-0.2, -0.15) is 4.99 Å². The first-order valence-corrected chi connectivity index (χ1v) is 8.38. The Morgan fingerprint density at radius 3 is 2.77 bits per heavy atom. The SMILES string of the molecule is CC[NH+]1CCN(C2=NC(=O)/C(=C/c3ccccc3O)S2)CC1. The average Bonchev–Trinajstić information content (AvgIpc) is 2.91. The summed E-state index contributed by atoms with van der Waals surface area (Å²) < 4.78 is 0. The van der Waals surface area contributed by atoms with E-state index in [1.165, 1.54) is 11.8 Å². The van der Waals surface area contributed by atoms with Crippen molar-refractivity contribution >= 4 is 28.9 Å². The van der Waals surface area contributed by atoms with E-state index in [9.17, 15) is 9.90 Å². The number of piperazine rings is 1. The van der Waals surface area contributed by atoms with Crippen molar-refractivity contribution in [1.29, 1.82) is 0 Å². The maximum atomic E-state index is 12.1. The number of thioether (sulfide) groups is 1. The van der Waals surface area contributed by atoms with Gasteiger partial charge in [-0.3, -0.25) is 4.79 Å². The highest BCUT2D eigenvalue weighted by atomic mass is 32.2. The Hall–Kier alpha value is -1.79. The Kier molecular flexibility index (Phi) is 4.49. The molecule has 116 valence electrons. The van der Waals surface area contributed by atoms with Crippen LogP contribution >= 0.6 is 11.8 Å². The molecule has 0 aliphatic carbocycles. The normalized spacial score (nSPS) is 21.5. The number of carbonyl (C=O) groups is 1. The van der Waals surface area contributed by atoms with Gasteiger partial charge in [0.2, 0.25) is 0 Å². The van der Waals surface area contributed by atoms with Crippen molar-refractivity contribution in [3.63, 3.8) is 0 Å². The molecule has 2 heterocycles. The summed E-state index contributed by atoms with van der Waals surface area (Å²) in [4.78, 5) is 20.6. The van der Waals surface area contributed by atoms with Crippen LogP contribution in [-0.4, -0.2) is 53.8 Å². The average molecular weight is 318 g/mol. The number of nitrogens with one attached hydrogen (secondary N) is 1. The number of phenolic OH excluding ortho intramolecular Hbond substituents is 1. The number of carbonyl (C=O) groups excluding carboxylic acids is 1. The van der Waals surface area contributed by atoms with Gasteiger partial charge in [-0.25, -0.2) is 0 Å². The molecule has 0 aromatic heterocycles. The van der Waals surface area contributed by atoms with E-state index in [1.807, 2.05) is 6.07 Å². The summed E-state index contributed by atoms with van der Waals surface area (Å²) in [6, 6.07) is 7.01. The minimum Gasteiger partial charge on any atom is -0.507 e. The monoisotopic (exact) mass is 318 g/mol. The van der Waals surface area contributed by atoms with Crippen molar-refractivity contribution in [2.24, 2.45) is 4.99 Å². The van der Waals surface area contributed by atoms with Gasteiger partial charge in [-0.15, -0.1) is 0 Å². The second-order valence-corrected chi connectivity index (χ2v) is 6.47. The number of likely N-dealkylation sites (N-methyl/N-ethyl adjacent to an activating group) is 1. The summed E-state index contributed by atoms with van der Waals surface area (Å²) in [5.41, 5.74) is 0.648. The molecule has 6 heteroatoms. The van der Waals surface area contributed by atoms with Crippen LogP contribution in [0.3, 0.4) is 0 Å². The van der Waals surface area contributed by atoms with Crippen molar-refractivity contribution in [2.45, 2.75) is 6.92 Å². The predicted octanol–water partition coefficient (Wildman–Crippen LogP) is 0.583. The van der Waals surface area contributed by atoms with Crippen LogP contribution in [0.15, 0.2) is 34.2 Å². The van der Waals surface area contributed by atoms with E-state index in [0.717, 1.165) is 37.9 Å². The van der Waals surface area contributed by atoms with E-state index in [1.54, 1.807) is 29.2 Å². The fourth-order valence-corrected chi connectivity index (χ4v) is 3.61. The lowest BCUT2D eigenvalue weighted by Gasteiger charge is -2.32. The number of nitrogens with zero attached hydrogens (tertiary/aromatic N) is 2. The summed E-state index contributed by atoms with van der Waals surface area (Å²) in [6.45, 7) is 7.39. The molecule has 22 heavy (non-hydrogen) atoms. The lowest BCUT2D eigenvalue weighted by atomic mass is 10.2. The third-order valence-corrected chi connectivity index (χ3v) is 5.12. The quantitative estimate of drug-likeness (QED) is 0.784. The van der Waals surface area contributed by atoms with Crippen LogP contribution in [0.1, 0.15) is 12.5 Å². The number of benzene rings is 1. The Labute approximate surface area is 134 Å². The molecule has 0 saturated carbocycles. The molecule has 1 saturated heterocycles. The number of amidine groups is 1. The summed E-state index contributed by atoms with van der Waals surface area (Å²) in [6.07, 6.45) is 1.71. The summed E-state index contributed by atoms with van der Waals surface area (Å²) in [7, 11) is 0. The Balaban J connectivity index is 1.70. The number of aromatic hydroxyl groups is 1. The number of para-hydroxylation sites is 1. The molecule has 1 fully saturated rings. The van der Waals surface area contributed by atoms with Crippen LogP contribution in [-0.2, 0) is 4.79 Å². The number of phenols is 1. The lowest BCUT2D eigenvalue weighted by molar-refractivity contribution is -0.902. The van der Waals surface area contributed by atoms with E-state index in [0.29, 0.717) is 10.5 Å². The smallest absolute Gasteiger partial charge is 0.286 e. The van der Waals surface area contributed by atoms with Gasteiger partial charge >= 0.3 is 0 Å². The maximum Gasteiger partial charge on any atom is 0.286 e. The zero-order valence-corrected chi connectivity index (χ0v) is 13.4. The molecule has 0 bridgehead atoms. The number of rotatable bonds is 2. The standard InChI is InChI=1S/C16H19N3O2S/c1-2-18-7-9-19(10-8-18)16-17-15(21)14(22-16)11-12-5-3-4-6-13(12)20/h3-6,11,20H,2,7-10H2,1H3/p+1/b14-11-. The Bertz CT molecular complexity index is 634. The first-order valence-electron chi connectivity index (χ1n) is 7.56. The van der Waals surface area contributed by atoms with Crippen molar-refractivity contribution < 1.29 is 14.8 Å². The van der Waals surface area contributed by atoms with Gasteiger partial charge in [0.25, 0.3) is 5.91 Å². The molecule has 1 aromatic carbocycles. The summed E-state index contributed by atoms with van der Waals surface area (Å²) in [5, 5.41) is 10.6. The van der Waals surface area contributed by atoms with Crippen molar-refractivity contribution in [3.8, 4) is 5.75 Å². The molecule has 5 nitrogen and oxygen atoms in total. The zero-order valence-electron chi connectivity index (χ0n) is 12.6. The van der Waals surface area contributed by atoms with Crippen molar-refractivity contribution in [1.82, 2.24) is 4.90 Å². The van der Waals surface area contributed by atoms with E-state index in [4.69, 9.17) is 0 Å². The van der Waals surface area contributed by atoms with Crippen LogP contribution in [0.5, 0.6) is 5.75 Å². The van der Waals surface area contributed by atoms with Crippen molar-refractivity contribution in [3.05, 3.63) is 34.7 Å². The van der Waals surface area contributed by atoms with Gasteiger partial charge in [-0.1, -0.05) is 18.2 Å². The number of hydrogen-bond donors (Lipinski definition) is 2. The summed E-state index contributed by atoms with van der Waals surface area (Å²) >= 11 is 1.40. The molecular weight excluding hydrogens is 298 g/mol. The van der Waals surface area contributed by atoms with E-state index in [2.05, 4.69) is 16.8 Å². The van der Waals surface area contributed by atoms with Gasteiger partial charge in [0.1, 0.15) is 5.75 Å². The fourth-order valence-electron chi connectivity index (χ4n) is 2.65. The molecule has 0 unspecified atom stereocenters. The summed E-state index contributed by atoms with van der Waals surface area (Å²) in [5.74, 6) is -0.0365. The highest BCUT2D eigenvalue weighted by molar-refractivity contribution is 8.18. The first kappa shape index (κ1) is 15.1. The molecule has 1 aromatic rings. The molecular formula is C16H20N3O2S+. The van der Waals surface area contributed by atoms with E-state index in [-0.39, 0.29) is 11.7 Å². The number of aliphatic imine (C=N–C) groups is 1. The number of hydrogen-bond acceptors (Lipinski definition) is 4. The van der Waals surface area contributed by atoms with Crippen LogP contribution in [0.2, 0.25) is 0 Å². The first-order chi connectivity index (χ1) is 10.7. The molecule has 0 radical (unpaired) electrons. The predicted molar refractivity (Wildman–Crippen MR) is 88.9 cm³/mol. The molecule has 0 atom stereocenters. The molecule has 0 spiro atoms.